The van der Waals surface area contributed by atoms with Gasteiger partial charge in [-0.3, -0.25) is 4.79 Å². The van der Waals surface area contributed by atoms with Crippen LogP contribution in [-0.2, 0) is 11.2 Å². The van der Waals surface area contributed by atoms with E-state index in [9.17, 15) is 4.79 Å². The fourth-order valence-electron chi connectivity index (χ4n) is 2.23. The van der Waals surface area contributed by atoms with Crippen molar-refractivity contribution in [3.63, 3.8) is 0 Å². The average molecular weight is 247 g/mol. The molecule has 1 saturated heterocycles. The van der Waals surface area contributed by atoms with Gasteiger partial charge < -0.3 is 16.0 Å². The maximum Gasteiger partial charge on any atom is 0.221 e. The summed E-state index contributed by atoms with van der Waals surface area (Å²) in [4.78, 5) is 13.6. The SMILES string of the molecule is Nc1ccc(CCCN2CCNC(=O)CC2)cc1. The van der Waals surface area contributed by atoms with Crippen molar-refractivity contribution in [2.45, 2.75) is 19.3 Å². The lowest BCUT2D eigenvalue weighted by Crippen LogP contribution is -2.29. The van der Waals surface area contributed by atoms with E-state index in [2.05, 4.69) is 22.3 Å². The van der Waals surface area contributed by atoms with Gasteiger partial charge in [0.1, 0.15) is 0 Å². The van der Waals surface area contributed by atoms with Crippen molar-refractivity contribution >= 4 is 11.6 Å². The van der Waals surface area contributed by atoms with E-state index in [1.54, 1.807) is 0 Å². The lowest BCUT2D eigenvalue weighted by Gasteiger charge is -2.18. The Morgan fingerprint density at radius 1 is 1.22 bits per heavy atom. The van der Waals surface area contributed by atoms with Crippen LogP contribution in [0.4, 0.5) is 5.69 Å². The Morgan fingerprint density at radius 3 is 2.78 bits per heavy atom. The highest BCUT2D eigenvalue weighted by atomic mass is 16.1. The Balaban J connectivity index is 1.71. The molecule has 1 fully saturated rings. The first kappa shape index (κ1) is 12.9. The zero-order chi connectivity index (χ0) is 12.8. The van der Waals surface area contributed by atoms with Crippen molar-refractivity contribution < 1.29 is 4.79 Å². The Labute approximate surface area is 108 Å². The van der Waals surface area contributed by atoms with Gasteiger partial charge in [-0.2, -0.15) is 0 Å². The quantitative estimate of drug-likeness (QED) is 0.781. The van der Waals surface area contributed by atoms with Crippen molar-refractivity contribution in [1.82, 2.24) is 10.2 Å². The highest BCUT2D eigenvalue weighted by molar-refractivity contribution is 5.76. The van der Waals surface area contributed by atoms with Crippen molar-refractivity contribution in [3.8, 4) is 0 Å². The summed E-state index contributed by atoms with van der Waals surface area (Å²) in [5, 5.41) is 2.89. The lowest BCUT2D eigenvalue weighted by atomic mass is 10.1. The fourth-order valence-corrected chi connectivity index (χ4v) is 2.23. The molecule has 0 aromatic heterocycles. The minimum atomic E-state index is 0.177. The smallest absolute Gasteiger partial charge is 0.221 e. The monoisotopic (exact) mass is 247 g/mol. The second-order valence-corrected chi connectivity index (χ2v) is 4.79. The highest BCUT2D eigenvalue weighted by Gasteiger charge is 2.12. The number of anilines is 1. The summed E-state index contributed by atoms with van der Waals surface area (Å²) in [6, 6.07) is 8.07. The highest BCUT2D eigenvalue weighted by Crippen LogP contribution is 2.08. The standard InChI is InChI=1S/C14H21N3O/c15-13-5-3-12(4-6-13)2-1-9-17-10-7-14(18)16-8-11-17/h3-6H,1-2,7-11,15H2,(H,16,18). The van der Waals surface area contributed by atoms with Gasteiger partial charge in [0, 0.05) is 31.7 Å². The van der Waals surface area contributed by atoms with Crippen LogP contribution >= 0.6 is 0 Å². The predicted molar refractivity (Wildman–Crippen MR) is 73.2 cm³/mol. The summed E-state index contributed by atoms with van der Waals surface area (Å²) < 4.78 is 0. The molecule has 0 bridgehead atoms. The lowest BCUT2D eigenvalue weighted by molar-refractivity contribution is -0.120. The molecule has 1 aromatic rings. The van der Waals surface area contributed by atoms with Crippen LogP contribution in [0.15, 0.2) is 24.3 Å². The van der Waals surface area contributed by atoms with Crippen LogP contribution in [0.3, 0.4) is 0 Å². The average Bonchev–Trinajstić information content (AvgIpc) is 2.57. The first-order valence-electron chi connectivity index (χ1n) is 6.57. The van der Waals surface area contributed by atoms with Crippen LogP contribution in [0.5, 0.6) is 0 Å². The zero-order valence-electron chi connectivity index (χ0n) is 10.7. The summed E-state index contributed by atoms with van der Waals surface area (Å²) in [6.45, 7) is 3.68. The minimum absolute atomic E-state index is 0.177. The Hall–Kier alpha value is -1.55. The molecule has 1 heterocycles. The summed E-state index contributed by atoms with van der Waals surface area (Å²) in [5.41, 5.74) is 7.80. The van der Waals surface area contributed by atoms with Gasteiger partial charge >= 0.3 is 0 Å². The number of benzene rings is 1. The number of hydrogen-bond donors (Lipinski definition) is 2. The summed E-state index contributed by atoms with van der Waals surface area (Å²) in [7, 11) is 0. The summed E-state index contributed by atoms with van der Waals surface area (Å²) in [6.07, 6.45) is 2.82. The Bertz CT molecular complexity index is 389. The molecule has 2 rings (SSSR count). The van der Waals surface area contributed by atoms with E-state index in [1.807, 2.05) is 12.1 Å². The minimum Gasteiger partial charge on any atom is -0.399 e. The van der Waals surface area contributed by atoms with E-state index in [4.69, 9.17) is 5.73 Å². The number of nitrogens with two attached hydrogens (primary N) is 1. The number of nitrogens with one attached hydrogen (secondary N) is 1. The van der Waals surface area contributed by atoms with Crippen LogP contribution in [0.2, 0.25) is 0 Å². The van der Waals surface area contributed by atoms with Crippen molar-refractivity contribution in [2.24, 2.45) is 0 Å². The third-order valence-electron chi connectivity index (χ3n) is 3.32. The van der Waals surface area contributed by atoms with Gasteiger partial charge in [-0.05, 0) is 37.1 Å². The number of nitrogens with zero attached hydrogens (tertiary/aromatic N) is 1. The number of carbonyl (C=O) groups excluding carboxylic acids is 1. The third kappa shape index (κ3) is 4.04. The maximum absolute atomic E-state index is 11.2. The maximum atomic E-state index is 11.2. The van der Waals surface area contributed by atoms with Crippen LogP contribution < -0.4 is 11.1 Å². The van der Waals surface area contributed by atoms with Crippen molar-refractivity contribution in [1.29, 1.82) is 0 Å². The molecule has 0 unspecified atom stereocenters. The molecule has 1 aliphatic rings. The van der Waals surface area contributed by atoms with E-state index in [1.165, 1.54) is 5.56 Å². The van der Waals surface area contributed by atoms with Gasteiger partial charge in [0.25, 0.3) is 0 Å². The Kier molecular flexibility index (Phi) is 4.59. The van der Waals surface area contributed by atoms with E-state index in [0.717, 1.165) is 44.7 Å². The number of nitrogen functional groups attached to an aromatic ring is 1. The number of hydrogen-bond acceptors (Lipinski definition) is 3. The van der Waals surface area contributed by atoms with Crippen molar-refractivity contribution in [3.05, 3.63) is 29.8 Å². The predicted octanol–water partition coefficient (Wildman–Crippen LogP) is 1.02. The van der Waals surface area contributed by atoms with Gasteiger partial charge in [-0.25, -0.2) is 0 Å². The summed E-state index contributed by atoms with van der Waals surface area (Å²) >= 11 is 0. The molecular weight excluding hydrogens is 226 g/mol. The zero-order valence-corrected chi connectivity index (χ0v) is 10.7. The first-order chi connectivity index (χ1) is 8.74. The van der Waals surface area contributed by atoms with E-state index < -0.39 is 0 Å². The van der Waals surface area contributed by atoms with E-state index in [0.29, 0.717) is 6.42 Å². The number of aryl methyl sites for hydroxylation is 1. The normalized spacial score (nSPS) is 17.2. The molecular formula is C14H21N3O. The second kappa shape index (κ2) is 6.40. The number of amides is 1. The molecule has 0 spiro atoms. The first-order valence-corrected chi connectivity index (χ1v) is 6.57. The third-order valence-corrected chi connectivity index (χ3v) is 3.32. The molecule has 3 N–H and O–H groups in total. The molecule has 1 aromatic carbocycles. The largest absolute Gasteiger partial charge is 0.399 e. The number of rotatable bonds is 4. The Morgan fingerprint density at radius 2 is 2.00 bits per heavy atom. The van der Waals surface area contributed by atoms with Crippen molar-refractivity contribution in [2.75, 3.05) is 31.9 Å². The molecule has 1 aliphatic heterocycles. The molecule has 0 radical (unpaired) electrons. The van der Waals surface area contributed by atoms with Gasteiger partial charge in [0.2, 0.25) is 5.91 Å². The van der Waals surface area contributed by atoms with Gasteiger partial charge in [0.15, 0.2) is 0 Å². The molecule has 18 heavy (non-hydrogen) atoms. The second-order valence-electron chi connectivity index (χ2n) is 4.79. The molecule has 4 heteroatoms. The van der Waals surface area contributed by atoms with Crippen LogP contribution in [0.1, 0.15) is 18.4 Å². The molecule has 0 aliphatic carbocycles. The number of carbonyl (C=O) groups is 1. The fraction of sp³-hybridized carbons (Fsp3) is 0.500. The topological polar surface area (TPSA) is 58.4 Å². The van der Waals surface area contributed by atoms with Crippen LogP contribution in [0.25, 0.3) is 0 Å². The summed E-state index contributed by atoms with van der Waals surface area (Å²) in [5.74, 6) is 0.177. The molecule has 4 nitrogen and oxygen atoms in total. The van der Waals surface area contributed by atoms with E-state index in [-0.39, 0.29) is 5.91 Å². The molecule has 98 valence electrons. The molecule has 1 amide bonds. The molecule has 0 saturated carbocycles. The van der Waals surface area contributed by atoms with Gasteiger partial charge in [0.05, 0.1) is 0 Å². The van der Waals surface area contributed by atoms with Crippen LogP contribution in [0, 0.1) is 0 Å². The van der Waals surface area contributed by atoms with E-state index >= 15 is 0 Å². The molecule has 0 atom stereocenters. The van der Waals surface area contributed by atoms with Gasteiger partial charge in [-0.15, -0.1) is 0 Å². The van der Waals surface area contributed by atoms with Crippen LogP contribution in [-0.4, -0.2) is 37.0 Å². The van der Waals surface area contributed by atoms with Gasteiger partial charge in [-0.1, -0.05) is 12.1 Å².